The monoisotopic (exact) mass is 383 g/mol. The molecule has 2 rings (SSSR count). The summed E-state index contributed by atoms with van der Waals surface area (Å²) in [4.78, 5) is 23.1. The van der Waals surface area contributed by atoms with Crippen LogP contribution in [-0.4, -0.2) is 34.2 Å². The molecule has 0 spiro atoms. The fraction of sp³-hybridized carbons (Fsp3) is 0.125. The maximum atomic E-state index is 11.6. The Bertz CT molecular complexity index is 773. The van der Waals surface area contributed by atoms with E-state index in [4.69, 9.17) is 23.2 Å². The molecule has 0 saturated carbocycles. The van der Waals surface area contributed by atoms with E-state index in [-0.39, 0.29) is 0 Å². The van der Waals surface area contributed by atoms with Gasteiger partial charge in [-0.05, 0) is 36.4 Å². The molecule has 2 unspecified atom stereocenters. The van der Waals surface area contributed by atoms with Crippen LogP contribution in [0.3, 0.4) is 0 Å². The molecule has 0 radical (unpaired) electrons. The van der Waals surface area contributed by atoms with Gasteiger partial charge in [0.25, 0.3) is 0 Å². The maximum Gasteiger partial charge on any atom is 0.328 e. The Morgan fingerprint density at radius 2 is 1.36 bits per heavy atom. The lowest BCUT2D eigenvalue weighted by atomic mass is 10.1. The van der Waals surface area contributed by atoms with Crippen LogP contribution in [0.15, 0.2) is 48.5 Å². The molecule has 9 heteroatoms. The van der Waals surface area contributed by atoms with Crippen molar-refractivity contribution in [2.45, 2.75) is 12.1 Å². The van der Waals surface area contributed by atoms with E-state index < -0.39 is 24.0 Å². The fourth-order valence-electron chi connectivity index (χ4n) is 2.06. The zero-order valence-corrected chi connectivity index (χ0v) is 14.3. The summed E-state index contributed by atoms with van der Waals surface area (Å²) in [6, 6.07) is 9.94. The van der Waals surface area contributed by atoms with Gasteiger partial charge in [-0.15, -0.1) is 0 Å². The van der Waals surface area contributed by atoms with Gasteiger partial charge in [0.05, 0.1) is 5.69 Å². The summed E-state index contributed by atoms with van der Waals surface area (Å²) in [5.41, 5.74) is 6.03. The Hall–Kier alpha value is -2.48. The van der Waals surface area contributed by atoms with Gasteiger partial charge in [-0.25, -0.2) is 10.2 Å². The van der Waals surface area contributed by atoms with Gasteiger partial charge in [-0.2, -0.15) is 0 Å². The predicted molar refractivity (Wildman–Crippen MR) is 96.1 cm³/mol. The Labute approximate surface area is 153 Å². The first-order chi connectivity index (χ1) is 11.9. The quantitative estimate of drug-likeness (QED) is 0.445. The second kappa shape index (κ2) is 8.57. The molecule has 0 aromatic heterocycles. The highest BCUT2D eigenvalue weighted by Crippen LogP contribution is 2.17. The Morgan fingerprint density at radius 1 is 0.840 bits per heavy atom. The second-order valence-corrected chi connectivity index (χ2v) is 5.94. The molecule has 0 aliphatic heterocycles. The minimum atomic E-state index is -1.48. The highest BCUT2D eigenvalue weighted by molar-refractivity contribution is 6.31. The van der Waals surface area contributed by atoms with Gasteiger partial charge in [0.1, 0.15) is 0 Å². The fourth-order valence-corrected chi connectivity index (χ4v) is 2.44. The molecular weight excluding hydrogens is 369 g/mol. The number of hydrazine groups is 1. The number of rotatable bonds is 8. The topological polar surface area (TPSA) is 111 Å². The third kappa shape index (κ3) is 5.53. The SMILES string of the molecule is O=C(O)C(NNc1cccc(Cl)c1)C(Nc1cccc(Cl)c1)C(=O)O. The summed E-state index contributed by atoms with van der Waals surface area (Å²) in [6.45, 7) is 0. The summed E-state index contributed by atoms with van der Waals surface area (Å²) in [7, 11) is 0. The standard InChI is InChI=1S/C16H15Cl2N3O4/c17-9-3-1-5-11(7-9)19-13(15(22)23)14(16(24)25)21-20-12-6-2-4-10(18)8-12/h1-8,13-14,19-21H,(H,22,23)(H,24,25). The number of aliphatic carboxylic acids is 2. The number of nitrogens with one attached hydrogen (secondary N) is 3. The molecular formula is C16H15Cl2N3O4. The van der Waals surface area contributed by atoms with Crippen molar-refractivity contribution in [2.75, 3.05) is 10.7 Å². The molecule has 0 heterocycles. The number of hydrogen-bond donors (Lipinski definition) is 5. The third-order valence-electron chi connectivity index (χ3n) is 3.21. The molecule has 0 amide bonds. The first kappa shape index (κ1) is 18.9. The molecule has 25 heavy (non-hydrogen) atoms. The van der Waals surface area contributed by atoms with Crippen LogP contribution in [0.25, 0.3) is 0 Å². The van der Waals surface area contributed by atoms with Gasteiger partial charge in [-0.1, -0.05) is 35.3 Å². The van der Waals surface area contributed by atoms with E-state index >= 15 is 0 Å². The summed E-state index contributed by atoms with van der Waals surface area (Å²) >= 11 is 11.7. The summed E-state index contributed by atoms with van der Waals surface area (Å²) < 4.78 is 0. The number of carbonyl (C=O) groups is 2. The van der Waals surface area contributed by atoms with E-state index in [1.165, 1.54) is 6.07 Å². The summed E-state index contributed by atoms with van der Waals surface area (Å²) in [6.07, 6.45) is 0. The number of benzene rings is 2. The second-order valence-electron chi connectivity index (χ2n) is 5.07. The molecule has 132 valence electrons. The van der Waals surface area contributed by atoms with Crippen LogP contribution in [0, 0.1) is 0 Å². The van der Waals surface area contributed by atoms with Crippen molar-refractivity contribution in [2.24, 2.45) is 0 Å². The van der Waals surface area contributed by atoms with Crippen LogP contribution in [0.4, 0.5) is 11.4 Å². The lowest BCUT2D eigenvalue weighted by Crippen LogP contribution is -2.55. The van der Waals surface area contributed by atoms with Gasteiger partial charge in [-0.3, -0.25) is 4.79 Å². The van der Waals surface area contributed by atoms with E-state index in [1.54, 1.807) is 42.5 Å². The zero-order chi connectivity index (χ0) is 18.4. The lowest BCUT2D eigenvalue weighted by molar-refractivity contribution is -0.146. The Kier molecular flexibility index (Phi) is 6.46. The van der Waals surface area contributed by atoms with Crippen molar-refractivity contribution >= 4 is 46.5 Å². The Balaban J connectivity index is 2.16. The zero-order valence-electron chi connectivity index (χ0n) is 12.7. The number of carboxylic acids is 2. The number of hydrogen-bond acceptors (Lipinski definition) is 5. The molecule has 0 saturated heterocycles. The van der Waals surface area contributed by atoms with Gasteiger partial charge in [0, 0.05) is 15.7 Å². The molecule has 0 aliphatic carbocycles. The number of halogens is 2. The number of carboxylic acid groups (broad SMARTS) is 2. The van der Waals surface area contributed by atoms with Crippen LogP contribution < -0.4 is 16.2 Å². The van der Waals surface area contributed by atoms with Crippen LogP contribution in [0.5, 0.6) is 0 Å². The van der Waals surface area contributed by atoms with E-state index in [2.05, 4.69) is 16.2 Å². The highest BCUT2D eigenvalue weighted by Gasteiger charge is 2.34. The van der Waals surface area contributed by atoms with Gasteiger partial charge < -0.3 is 21.0 Å². The average molecular weight is 384 g/mol. The Morgan fingerprint density at radius 3 is 1.88 bits per heavy atom. The van der Waals surface area contributed by atoms with E-state index in [0.717, 1.165) is 0 Å². The average Bonchev–Trinajstić information content (AvgIpc) is 2.53. The van der Waals surface area contributed by atoms with E-state index in [0.29, 0.717) is 21.4 Å². The van der Waals surface area contributed by atoms with Crippen molar-refractivity contribution in [3.8, 4) is 0 Å². The van der Waals surface area contributed by atoms with Crippen molar-refractivity contribution in [1.82, 2.24) is 5.43 Å². The van der Waals surface area contributed by atoms with Crippen LogP contribution >= 0.6 is 23.2 Å². The van der Waals surface area contributed by atoms with Crippen molar-refractivity contribution in [3.05, 3.63) is 58.6 Å². The summed E-state index contributed by atoms with van der Waals surface area (Å²) in [5.74, 6) is -2.69. The van der Waals surface area contributed by atoms with Crippen molar-refractivity contribution in [3.63, 3.8) is 0 Å². The minimum absolute atomic E-state index is 0.385. The van der Waals surface area contributed by atoms with Crippen molar-refractivity contribution in [1.29, 1.82) is 0 Å². The minimum Gasteiger partial charge on any atom is -0.480 e. The molecule has 2 aromatic carbocycles. The maximum absolute atomic E-state index is 11.6. The highest BCUT2D eigenvalue weighted by atomic mass is 35.5. The van der Waals surface area contributed by atoms with Gasteiger partial charge in [0.15, 0.2) is 12.1 Å². The van der Waals surface area contributed by atoms with Gasteiger partial charge >= 0.3 is 11.9 Å². The molecule has 2 aromatic rings. The molecule has 7 nitrogen and oxygen atoms in total. The van der Waals surface area contributed by atoms with Crippen LogP contribution in [0.2, 0.25) is 10.0 Å². The van der Waals surface area contributed by atoms with Crippen LogP contribution in [0.1, 0.15) is 0 Å². The molecule has 5 N–H and O–H groups in total. The predicted octanol–water partition coefficient (Wildman–Crippen LogP) is 2.93. The summed E-state index contributed by atoms with van der Waals surface area (Å²) in [5, 5.41) is 22.3. The molecule has 0 bridgehead atoms. The molecule has 0 fully saturated rings. The first-order valence-corrected chi connectivity index (χ1v) is 7.87. The molecule has 0 aliphatic rings. The number of anilines is 2. The van der Waals surface area contributed by atoms with Crippen molar-refractivity contribution < 1.29 is 19.8 Å². The molecule has 2 atom stereocenters. The third-order valence-corrected chi connectivity index (χ3v) is 3.68. The lowest BCUT2D eigenvalue weighted by Gasteiger charge is -2.24. The normalized spacial score (nSPS) is 12.9. The van der Waals surface area contributed by atoms with E-state index in [9.17, 15) is 19.8 Å². The first-order valence-electron chi connectivity index (χ1n) is 7.11. The largest absolute Gasteiger partial charge is 0.480 e. The van der Waals surface area contributed by atoms with E-state index in [1.807, 2.05) is 0 Å². The van der Waals surface area contributed by atoms with Gasteiger partial charge in [0.2, 0.25) is 0 Å². The smallest absolute Gasteiger partial charge is 0.328 e. The van der Waals surface area contributed by atoms with Crippen LogP contribution in [-0.2, 0) is 9.59 Å².